The molecule has 6 nitrogen and oxygen atoms in total. The first kappa shape index (κ1) is 20.6. The van der Waals surface area contributed by atoms with E-state index in [0.717, 1.165) is 18.0 Å². The Kier molecular flexibility index (Phi) is 6.15. The molecule has 0 unspecified atom stereocenters. The Hall–Kier alpha value is -2.71. The van der Waals surface area contributed by atoms with Crippen molar-refractivity contribution in [3.8, 4) is 11.5 Å². The number of hydrogen-bond acceptors (Lipinski definition) is 6. The third-order valence-electron chi connectivity index (χ3n) is 4.92. The van der Waals surface area contributed by atoms with Crippen LogP contribution in [-0.4, -0.2) is 33.5 Å². The Labute approximate surface area is 179 Å². The highest BCUT2D eigenvalue weighted by Crippen LogP contribution is 2.30. The number of anilines is 1. The van der Waals surface area contributed by atoms with Gasteiger partial charge in [-0.05, 0) is 78.7 Å². The van der Waals surface area contributed by atoms with Crippen LogP contribution in [0.5, 0.6) is 0 Å². The number of rotatable bonds is 5. The molecule has 1 aliphatic rings. The molecule has 1 fully saturated rings. The fourth-order valence-corrected chi connectivity index (χ4v) is 4.86. The Bertz CT molecular complexity index is 997. The van der Waals surface area contributed by atoms with E-state index in [0.29, 0.717) is 23.0 Å². The largest absolute Gasteiger partial charge is 0.403 e. The van der Waals surface area contributed by atoms with Crippen molar-refractivity contribution < 1.29 is 13.6 Å². The lowest BCUT2D eigenvalue weighted by Crippen LogP contribution is -2.33. The Balaban J connectivity index is 1.36. The van der Waals surface area contributed by atoms with E-state index in [4.69, 9.17) is 4.42 Å². The van der Waals surface area contributed by atoms with E-state index in [-0.39, 0.29) is 23.6 Å². The van der Waals surface area contributed by atoms with Gasteiger partial charge in [-0.3, -0.25) is 10.1 Å². The number of nitrogens with one attached hydrogen (secondary N) is 1. The molecule has 0 aliphatic carbocycles. The molecule has 0 saturated carbocycles. The fourth-order valence-electron chi connectivity index (χ4n) is 3.65. The number of nitrogens with zero attached hydrogens (tertiary/aromatic N) is 3. The van der Waals surface area contributed by atoms with Crippen LogP contribution in [-0.2, 0) is 0 Å². The lowest BCUT2D eigenvalue weighted by molar-refractivity contribution is 0.102. The highest BCUT2D eigenvalue weighted by atomic mass is 32.2. The van der Waals surface area contributed by atoms with E-state index >= 15 is 0 Å². The van der Waals surface area contributed by atoms with Gasteiger partial charge in [0, 0.05) is 29.1 Å². The van der Waals surface area contributed by atoms with Gasteiger partial charge in [0.15, 0.2) is 0 Å². The van der Waals surface area contributed by atoms with Crippen LogP contribution >= 0.6 is 11.9 Å². The van der Waals surface area contributed by atoms with Crippen molar-refractivity contribution in [3.05, 3.63) is 59.9 Å². The minimum absolute atomic E-state index is 0.00549. The van der Waals surface area contributed by atoms with Crippen molar-refractivity contribution in [2.45, 2.75) is 25.2 Å². The molecule has 0 radical (unpaired) electrons. The second-order valence-corrected chi connectivity index (χ2v) is 8.95. The molecule has 4 rings (SSSR count). The molecule has 0 spiro atoms. The molecule has 2 heterocycles. The van der Waals surface area contributed by atoms with Gasteiger partial charge in [0.05, 0.1) is 0 Å². The molecular weight excluding hydrogens is 403 g/mol. The molecule has 8 heteroatoms. The summed E-state index contributed by atoms with van der Waals surface area (Å²) in [7, 11) is 0. The van der Waals surface area contributed by atoms with Gasteiger partial charge >= 0.3 is 6.01 Å². The minimum atomic E-state index is -0.349. The summed E-state index contributed by atoms with van der Waals surface area (Å²) in [6.45, 7) is 6.72. The molecule has 1 amide bonds. The van der Waals surface area contributed by atoms with Crippen molar-refractivity contribution >= 4 is 23.9 Å². The van der Waals surface area contributed by atoms with Crippen molar-refractivity contribution in [1.29, 1.82) is 0 Å². The van der Waals surface area contributed by atoms with Gasteiger partial charge in [-0.2, -0.15) is 0 Å². The summed E-state index contributed by atoms with van der Waals surface area (Å²) in [6, 6.07) is 13.1. The predicted octanol–water partition coefficient (Wildman–Crippen LogP) is 5.11. The molecule has 1 N–H and O–H groups in total. The summed E-state index contributed by atoms with van der Waals surface area (Å²) in [5, 5.41) is 10.3. The van der Waals surface area contributed by atoms with E-state index in [1.165, 1.54) is 30.7 Å². The standard InChI is InChI=1S/C22H23FN4O2S/c1-14-11-15(2)13-27(12-14)30-19-9-5-16(6-10-19)20(28)24-22-26-25-21(29-22)17-3-7-18(23)8-4-17/h3-10,14-15H,11-13H2,1-2H3,(H,24,26,28)/t14-,15+. The van der Waals surface area contributed by atoms with Crippen LogP contribution < -0.4 is 5.32 Å². The van der Waals surface area contributed by atoms with Crippen LogP contribution in [0.2, 0.25) is 0 Å². The number of carbonyl (C=O) groups excluding carboxylic acids is 1. The number of benzene rings is 2. The van der Waals surface area contributed by atoms with Crippen LogP contribution in [0.1, 0.15) is 30.6 Å². The molecular formula is C22H23FN4O2S. The van der Waals surface area contributed by atoms with E-state index in [1.807, 2.05) is 12.1 Å². The average molecular weight is 427 g/mol. The lowest BCUT2D eigenvalue weighted by atomic mass is 9.94. The Morgan fingerprint density at radius 1 is 1.07 bits per heavy atom. The third kappa shape index (κ3) is 5.06. The maximum absolute atomic E-state index is 13.0. The molecule has 156 valence electrons. The van der Waals surface area contributed by atoms with E-state index < -0.39 is 0 Å². The van der Waals surface area contributed by atoms with Crippen molar-refractivity contribution in [2.75, 3.05) is 18.4 Å². The topological polar surface area (TPSA) is 71.3 Å². The number of aromatic nitrogens is 2. The summed E-state index contributed by atoms with van der Waals surface area (Å²) in [5.41, 5.74) is 1.08. The summed E-state index contributed by atoms with van der Waals surface area (Å²) >= 11 is 1.73. The second-order valence-electron chi connectivity index (χ2n) is 7.78. The summed E-state index contributed by atoms with van der Waals surface area (Å²) < 4.78 is 20.9. The number of amides is 1. The molecule has 1 aliphatic heterocycles. The number of halogens is 1. The average Bonchev–Trinajstić information content (AvgIpc) is 3.16. The maximum atomic E-state index is 13.0. The normalized spacial score (nSPS) is 19.6. The van der Waals surface area contributed by atoms with Gasteiger partial charge in [-0.15, -0.1) is 5.10 Å². The first-order chi connectivity index (χ1) is 14.5. The molecule has 0 bridgehead atoms. The van der Waals surface area contributed by atoms with Crippen molar-refractivity contribution in [2.24, 2.45) is 11.8 Å². The molecule has 3 aromatic rings. The smallest absolute Gasteiger partial charge is 0.322 e. The first-order valence-corrected chi connectivity index (χ1v) is 10.7. The summed E-state index contributed by atoms with van der Waals surface area (Å²) in [4.78, 5) is 13.6. The summed E-state index contributed by atoms with van der Waals surface area (Å²) in [6.07, 6.45) is 1.27. The van der Waals surface area contributed by atoms with Gasteiger partial charge in [-0.25, -0.2) is 8.70 Å². The maximum Gasteiger partial charge on any atom is 0.322 e. The van der Waals surface area contributed by atoms with Crippen LogP contribution in [0.4, 0.5) is 10.4 Å². The Morgan fingerprint density at radius 3 is 2.40 bits per heavy atom. The lowest BCUT2D eigenvalue weighted by Gasteiger charge is -2.33. The van der Waals surface area contributed by atoms with Gasteiger partial charge in [0.25, 0.3) is 5.91 Å². The number of carbonyl (C=O) groups is 1. The van der Waals surface area contributed by atoms with Gasteiger partial charge in [-0.1, -0.05) is 18.9 Å². The van der Waals surface area contributed by atoms with Crippen LogP contribution in [0.25, 0.3) is 11.5 Å². The van der Waals surface area contributed by atoms with Gasteiger partial charge < -0.3 is 4.42 Å². The summed E-state index contributed by atoms with van der Waals surface area (Å²) in [5.74, 6) is 0.918. The minimum Gasteiger partial charge on any atom is -0.403 e. The molecule has 2 aromatic carbocycles. The molecule has 30 heavy (non-hydrogen) atoms. The monoisotopic (exact) mass is 426 g/mol. The van der Waals surface area contributed by atoms with E-state index in [2.05, 4.69) is 33.7 Å². The SMILES string of the molecule is C[C@@H]1C[C@H](C)CN(Sc2ccc(C(=O)Nc3nnc(-c4ccc(F)cc4)o3)cc2)C1. The highest BCUT2D eigenvalue weighted by Gasteiger charge is 2.22. The highest BCUT2D eigenvalue weighted by molar-refractivity contribution is 7.97. The number of hydrogen-bond donors (Lipinski definition) is 1. The fraction of sp³-hybridized carbons (Fsp3) is 0.318. The quantitative estimate of drug-likeness (QED) is 0.572. The second kappa shape index (κ2) is 8.97. The zero-order chi connectivity index (χ0) is 21.1. The zero-order valence-electron chi connectivity index (χ0n) is 16.8. The number of piperidine rings is 1. The zero-order valence-corrected chi connectivity index (χ0v) is 17.7. The van der Waals surface area contributed by atoms with Crippen LogP contribution in [0.15, 0.2) is 57.8 Å². The van der Waals surface area contributed by atoms with Gasteiger partial charge in [0.2, 0.25) is 5.89 Å². The van der Waals surface area contributed by atoms with E-state index in [1.54, 1.807) is 24.1 Å². The first-order valence-electron chi connectivity index (χ1n) is 9.90. The van der Waals surface area contributed by atoms with E-state index in [9.17, 15) is 9.18 Å². The molecule has 1 aromatic heterocycles. The van der Waals surface area contributed by atoms with Crippen molar-refractivity contribution in [3.63, 3.8) is 0 Å². The molecule has 2 atom stereocenters. The van der Waals surface area contributed by atoms with Crippen molar-refractivity contribution in [1.82, 2.24) is 14.5 Å². The van der Waals surface area contributed by atoms with Crippen LogP contribution in [0, 0.1) is 17.7 Å². The van der Waals surface area contributed by atoms with Gasteiger partial charge in [0.1, 0.15) is 5.82 Å². The molecule has 1 saturated heterocycles. The third-order valence-corrected chi connectivity index (χ3v) is 5.96. The van der Waals surface area contributed by atoms with Crippen LogP contribution in [0.3, 0.4) is 0 Å². The Morgan fingerprint density at radius 2 is 1.73 bits per heavy atom. The predicted molar refractivity (Wildman–Crippen MR) is 114 cm³/mol.